The molecule has 2 aromatic rings. The van der Waals surface area contributed by atoms with Gasteiger partial charge in [-0.05, 0) is 30.2 Å². The molecule has 1 amide bonds. The minimum absolute atomic E-state index is 0.00532. The second-order valence-electron chi connectivity index (χ2n) is 6.12. The van der Waals surface area contributed by atoms with Crippen LogP contribution in [0.1, 0.15) is 24.4 Å². The normalized spacial score (nSPS) is 17.2. The molecule has 7 heteroatoms. The fourth-order valence-corrected chi connectivity index (χ4v) is 3.02. The molecule has 2 heterocycles. The van der Waals surface area contributed by atoms with Gasteiger partial charge in [-0.15, -0.1) is 0 Å². The molecule has 1 aliphatic heterocycles. The number of benzene rings is 1. The lowest BCUT2D eigenvalue weighted by atomic mass is 10.0. The highest BCUT2D eigenvalue weighted by Crippen LogP contribution is 2.23. The molecule has 1 aliphatic rings. The molecule has 3 rings (SSSR count). The Hall–Kier alpha value is -2.54. The van der Waals surface area contributed by atoms with E-state index in [0.29, 0.717) is 25.9 Å². The van der Waals surface area contributed by atoms with Crippen LogP contribution in [0.25, 0.3) is 0 Å². The summed E-state index contributed by atoms with van der Waals surface area (Å²) in [5, 5.41) is 3.30. The number of amides is 1. The predicted octanol–water partition coefficient (Wildman–Crippen LogP) is 2.69. The van der Waals surface area contributed by atoms with E-state index >= 15 is 0 Å². The van der Waals surface area contributed by atoms with E-state index in [9.17, 15) is 13.6 Å². The van der Waals surface area contributed by atoms with E-state index in [4.69, 9.17) is 4.74 Å². The molecule has 0 spiro atoms. The van der Waals surface area contributed by atoms with Gasteiger partial charge in [0.25, 0.3) is 0 Å². The number of nitrogens with zero attached hydrogens (tertiary/aromatic N) is 2. The number of ether oxygens (including phenoxy) is 1. The number of hydrogen-bond acceptors (Lipinski definition) is 4. The number of aromatic nitrogens is 1. The van der Waals surface area contributed by atoms with Gasteiger partial charge in [0.15, 0.2) is 11.6 Å². The van der Waals surface area contributed by atoms with Crippen LogP contribution in [-0.2, 0) is 4.79 Å². The highest BCUT2D eigenvalue weighted by atomic mass is 19.1. The second-order valence-corrected chi connectivity index (χ2v) is 6.12. The molecule has 1 atom stereocenters. The van der Waals surface area contributed by atoms with Gasteiger partial charge in [0.05, 0.1) is 12.6 Å². The van der Waals surface area contributed by atoms with Gasteiger partial charge < -0.3 is 15.0 Å². The van der Waals surface area contributed by atoms with Crippen LogP contribution in [-0.4, -0.2) is 42.0 Å². The number of piperazine rings is 1. The third-order valence-corrected chi connectivity index (χ3v) is 4.32. The Labute approximate surface area is 151 Å². The van der Waals surface area contributed by atoms with Gasteiger partial charge in [0, 0.05) is 44.5 Å². The summed E-state index contributed by atoms with van der Waals surface area (Å²) in [6.07, 6.45) is 4.25. The van der Waals surface area contributed by atoms with E-state index in [1.807, 2.05) is 17.0 Å². The molecular formula is C19H21F2N3O2. The number of carbonyl (C=O) groups is 1. The van der Waals surface area contributed by atoms with Crippen molar-refractivity contribution in [1.29, 1.82) is 0 Å². The number of nitrogens with one attached hydrogen (secondary N) is 1. The summed E-state index contributed by atoms with van der Waals surface area (Å²) in [6.45, 7) is 2.26. The molecule has 138 valence electrons. The van der Waals surface area contributed by atoms with E-state index in [0.717, 1.165) is 24.2 Å². The van der Waals surface area contributed by atoms with Crippen molar-refractivity contribution in [1.82, 2.24) is 15.2 Å². The van der Waals surface area contributed by atoms with Gasteiger partial charge in [0.1, 0.15) is 5.82 Å². The average Bonchev–Trinajstić information content (AvgIpc) is 2.67. The monoisotopic (exact) mass is 361 g/mol. The van der Waals surface area contributed by atoms with Crippen molar-refractivity contribution in [2.24, 2.45) is 0 Å². The summed E-state index contributed by atoms with van der Waals surface area (Å²) in [6, 6.07) is 6.95. The van der Waals surface area contributed by atoms with Crippen LogP contribution in [0.3, 0.4) is 0 Å². The van der Waals surface area contributed by atoms with Crippen molar-refractivity contribution in [2.75, 3.05) is 26.2 Å². The van der Waals surface area contributed by atoms with E-state index in [2.05, 4.69) is 10.3 Å². The zero-order valence-electron chi connectivity index (χ0n) is 14.3. The summed E-state index contributed by atoms with van der Waals surface area (Å²) in [5.41, 5.74) is 0.998. The van der Waals surface area contributed by atoms with Crippen LogP contribution >= 0.6 is 0 Å². The third-order valence-electron chi connectivity index (χ3n) is 4.32. The number of hydrogen-bond donors (Lipinski definition) is 1. The fraction of sp³-hybridized carbons (Fsp3) is 0.368. The van der Waals surface area contributed by atoms with Gasteiger partial charge in [-0.3, -0.25) is 9.78 Å². The van der Waals surface area contributed by atoms with Crippen LogP contribution in [0.5, 0.6) is 5.75 Å². The van der Waals surface area contributed by atoms with Gasteiger partial charge >= 0.3 is 0 Å². The highest BCUT2D eigenvalue weighted by Gasteiger charge is 2.27. The fourth-order valence-electron chi connectivity index (χ4n) is 3.02. The van der Waals surface area contributed by atoms with E-state index in [1.54, 1.807) is 12.4 Å². The second kappa shape index (κ2) is 8.71. The molecule has 1 aromatic carbocycles. The Kier molecular flexibility index (Phi) is 6.12. The molecule has 0 saturated carbocycles. The van der Waals surface area contributed by atoms with E-state index in [1.165, 1.54) is 6.07 Å². The highest BCUT2D eigenvalue weighted by molar-refractivity contribution is 5.76. The van der Waals surface area contributed by atoms with E-state index in [-0.39, 0.29) is 24.3 Å². The van der Waals surface area contributed by atoms with Crippen LogP contribution < -0.4 is 10.1 Å². The molecule has 26 heavy (non-hydrogen) atoms. The molecule has 1 aromatic heterocycles. The summed E-state index contributed by atoms with van der Waals surface area (Å²) in [5.74, 6) is -1.36. The van der Waals surface area contributed by atoms with Crippen LogP contribution in [0.2, 0.25) is 0 Å². The maximum atomic E-state index is 13.5. The molecule has 1 N–H and O–H groups in total. The first kappa shape index (κ1) is 18.3. The van der Waals surface area contributed by atoms with Crippen LogP contribution in [0, 0.1) is 11.6 Å². The third kappa shape index (κ3) is 4.54. The van der Waals surface area contributed by atoms with Crippen molar-refractivity contribution in [3.63, 3.8) is 0 Å². The molecule has 0 bridgehead atoms. The summed E-state index contributed by atoms with van der Waals surface area (Å²) in [7, 11) is 0. The minimum atomic E-state index is -0.741. The number of carbonyl (C=O) groups excluding carboxylic acids is 1. The summed E-state index contributed by atoms with van der Waals surface area (Å²) >= 11 is 0. The quantitative estimate of drug-likeness (QED) is 0.804. The Morgan fingerprint density at radius 1 is 1.35 bits per heavy atom. The predicted molar refractivity (Wildman–Crippen MR) is 92.6 cm³/mol. The lowest BCUT2D eigenvalue weighted by Crippen LogP contribution is -2.48. The van der Waals surface area contributed by atoms with Crippen LogP contribution in [0.15, 0.2) is 42.7 Å². The average molecular weight is 361 g/mol. The number of rotatable bonds is 6. The van der Waals surface area contributed by atoms with Crippen LogP contribution in [0.4, 0.5) is 8.78 Å². The van der Waals surface area contributed by atoms with Crippen molar-refractivity contribution in [3.05, 3.63) is 59.9 Å². The molecule has 1 fully saturated rings. The summed E-state index contributed by atoms with van der Waals surface area (Å²) in [4.78, 5) is 18.6. The lowest BCUT2D eigenvalue weighted by Gasteiger charge is -2.36. The van der Waals surface area contributed by atoms with Gasteiger partial charge in [-0.1, -0.05) is 6.07 Å². The molecular weight excluding hydrogens is 340 g/mol. The standard InChI is InChI=1S/C19H21F2N3O2/c20-15-5-6-18(16(21)11-15)26-10-2-4-19(25)24-9-8-23-13-17(24)14-3-1-7-22-12-14/h1,3,5-7,11-12,17,23H,2,4,8-10,13H2. The zero-order chi connectivity index (χ0) is 18.4. The lowest BCUT2D eigenvalue weighted by molar-refractivity contribution is -0.134. The van der Waals surface area contributed by atoms with E-state index < -0.39 is 11.6 Å². The Morgan fingerprint density at radius 3 is 3.00 bits per heavy atom. The zero-order valence-corrected chi connectivity index (χ0v) is 14.3. The first-order valence-electron chi connectivity index (χ1n) is 8.63. The molecule has 0 aliphatic carbocycles. The molecule has 1 unspecified atom stereocenters. The Bertz CT molecular complexity index is 743. The first-order valence-corrected chi connectivity index (χ1v) is 8.63. The largest absolute Gasteiger partial charge is 0.491 e. The minimum Gasteiger partial charge on any atom is -0.491 e. The van der Waals surface area contributed by atoms with Gasteiger partial charge in [-0.25, -0.2) is 8.78 Å². The molecule has 5 nitrogen and oxygen atoms in total. The first-order chi connectivity index (χ1) is 12.6. The van der Waals surface area contributed by atoms with Crippen molar-refractivity contribution >= 4 is 5.91 Å². The molecule has 0 radical (unpaired) electrons. The number of halogens is 2. The number of pyridine rings is 1. The Morgan fingerprint density at radius 2 is 2.23 bits per heavy atom. The maximum absolute atomic E-state index is 13.5. The Balaban J connectivity index is 1.52. The van der Waals surface area contributed by atoms with Crippen molar-refractivity contribution in [2.45, 2.75) is 18.9 Å². The van der Waals surface area contributed by atoms with Crippen molar-refractivity contribution in [3.8, 4) is 5.75 Å². The summed E-state index contributed by atoms with van der Waals surface area (Å²) < 4.78 is 31.7. The smallest absolute Gasteiger partial charge is 0.223 e. The maximum Gasteiger partial charge on any atom is 0.223 e. The molecule has 1 saturated heterocycles. The SMILES string of the molecule is O=C(CCCOc1ccc(F)cc1F)N1CCNCC1c1cccnc1. The van der Waals surface area contributed by atoms with Gasteiger partial charge in [-0.2, -0.15) is 0 Å². The van der Waals surface area contributed by atoms with Gasteiger partial charge in [0.2, 0.25) is 5.91 Å². The topological polar surface area (TPSA) is 54.5 Å². The van der Waals surface area contributed by atoms with Crippen molar-refractivity contribution < 1.29 is 18.3 Å².